The molecule has 2 nitrogen and oxygen atoms in total. The molecule has 0 aliphatic carbocycles. The fourth-order valence-electron chi connectivity index (χ4n) is 0.704. The second-order valence-electron chi connectivity index (χ2n) is 2.34. The smallest absolute Gasteiger partial charge is 0.315 e. The fraction of sp³-hybridized carbons (Fsp3) is 0.222. The van der Waals surface area contributed by atoms with E-state index in [1.54, 1.807) is 11.3 Å². The number of carbonyl (C=O) groups is 1. The normalized spacial score (nSPS) is 8.75. The van der Waals surface area contributed by atoms with Gasteiger partial charge in [0.1, 0.15) is 6.42 Å². The summed E-state index contributed by atoms with van der Waals surface area (Å²) in [5.74, 6) is 4.51. The second-order valence-corrected chi connectivity index (χ2v) is 3.08. The minimum atomic E-state index is -0.879. The molecule has 0 unspecified atom stereocenters. The van der Waals surface area contributed by atoms with E-state index >= 15 is 0 Å². The SMILES string of the molecule is Cc1cscc1C#CCC(=O)O. The molecule has 0 aliphatic heterocycles. The summed E-state index contributed by atoms with van der Waals surface area (Å²) in [4.78, 5) is 10.1. The van der Waals surface area contributed by atoms with Crippen LogP contribution >= 0.6 is 11.3 Å². The lowest BCUT2D eigenvalue weighted by molar-refractivity contribution is -0.135. The van der Waals surface area contributed by atoms with Crippen molar-refractivity contribution in [3.8, 4) is 11.8 Å². The fourth-order valence-corrected chi connectivity index (χ4v) is 1.48. The molecule has 0 aliphatic rings. The number of carboxylic acids is 1. The molecule has 12 heavy (non-hydrogen) atoms. The Kier molecular flexibility index (Phi) is 2.89. The highest BCUT2D eigenvalue weighted by Crippen LogP contribution is 2.11. The summed E-state index contributed by atoms with van der Waals surface area (Å²) in [7, 11) is 0. The van der Waals surface area contributed by atoms with E-state index in [9.17, 15) is 4.79 Å². The largest absolute Gasteiger partial charge is 0.481 e. The number of rotatable bonds is 1. The van der Waals surface area contributed by atoms with E-state index in [-0.39, 0.29) is 6.42 Å². The summed E-state index contributed by atoms with van der Waals surface area (Å²) in [5.41, 5.74) is 2.04. The van der Waals surface area contributed by atoms with Gasteiger partial charge in [-0.05, 0) is 17.9 Å². The highest BCUT2D eigenvalue weighted by Gasteiger charge is 1.93. The van der Waals surface area contributed by atoms with Crippen LogP contribution in [0.25, 0.3) is 0 Å². The van der Waals surface area contributed by atoms with Crippen molar-refractivity contribution in [2.75, 3.05) is 0 Å². The van der Waals surface area contributed by atoms with Gasteiger partial charge in [-0.25, -0.2) is 0 Å². The summed E-state index contributed by atoms with van der Waals surface area (Å²) in [6.07, 6.45) is -0.0880. The Bertz CT molecular complexity index is 341. The molecule has 0 saturated carbocycles. The Hall–Kier alpha value is -1.27. The van der Waals surface area contributed by atoms with E-state index < -0.39 is 5.97 Å². The van der Waals surface area contributed by atoms with Crippen LogP contribution in [-0.4, -0.2) is 11.1 Å². The van der Waals surface area contributed by atoms with Crippen molar-refractivity contribution in [3.05, 3.63) is 21.9 Å². The van der Waals surface area contributed by atoms with Gasteiger partial charge in [-0.2, -0.15) is 11.3 Å². The van der Waals surface area contributed by atoms with E-state index in [1.165, 1.54) is 0 Å². The monoisotopic (exact) mass is 180 g/mol. The molecule has 3 heteroatoms. The third kappa shape index (κ3) is 2.40. The van der Waals surface area contributed by atoms with Crippen LogP contribution in [0.15, 0.2) is 10.8 Å². The Labute approximate surface area is 74.9 Å². The number of thiophene rings is 1. The van der Waals surface area contributed by atoms with Crippen LogP contribution in [0.2, 0.25) is 0 Å². The van der Waals surface area contributed by atoms with Gasteiger partial charge in [0.25, 0.3) is 0 Å². The van der Waals surface area contributed by atoms with Crippen molar-refractivity contribution in [1.29, 1.82) is 0 Å². The molecule has 0 amide bonds. The van der Waals surface area contributed by atoms with Gasteiger partial charge in [0.2, 0.25) is 0 Å². The average molecular weight is 180 g/mol. The number of aliphatic carboxylic acids is 1. The van der Waals surface area contributed by atoms with Crippen molar-refractivity contribution in [2.45, 2.75) is 13.3 Å². The Balaban J connectivity index is 2.67. The Morgan fingerprint density at radius 1 is 1.67 bits per heavy atom. The third-order valence-corrected chi connectivity index (χ3v) is 2.18. The average Bonchev–Trinajstić information content (AvgIpc) is 2.36. The maximum Gasteiger partial charge on any atom is 0.315 e. The molecule has 0 spiro atoms. The highest BCUT2D eigenvalue weighted by molar-refractivity contribution is 7.08. The van der Waals surface area contributed by atoms with Gasteiger partial charge >= 0.3 is 5.97 Å². The number of hydrogen-bond acceptors (Lipinski definition) is 2. The standard InChI is InChI=1S/C9H8O2S/c1-7-5-12-6-8(7)3-2-4-9(10)11/h5-6H,4H2,1H3,(H,10,11). The molecule has 1 aromatic rings. The number of carboxylic acid groups (broad SMARTS) is 1. The molecule has 1 heterocycles. The van der Waals surface area contributed by atoms with E-state index in [4.69, 9.17) is 5.11 Å². The molecular weight excluding hydrogens is 172 g/mol. The predicted octanol–water partition coefficient (Wildman–Crippen LogP) is 1.88. The first-order chi connectivity index (χ1) is 5.70. The van der Waals surface area contributed by atoms with Gasteiger partial charge in [-0.1, -0.05) is 11.8 Å². The predicted molar refractivity (Wildman–Crippen MR) is 48.2 cm³/mol. The van der Waals surface area contributed by atoms with Gasteiger partial charge in [0, 0.05) is 10.9 Å². The molecule has 1 aromatic heterocycles. The van der Waals surface area contributed by atoms with Crippen molar-refractivity contribution in [3.63, 3.8) is 0 Å². The summed E-state index contributed by atoms with van der Waals surface area (Å²) >= 11 is 1.58. The third-order valence-electron chi connectivity index (χ3n) is 1.32. The van der Waals surface area contributed by atoms with Crippen LogP contribution in [0, 0.1) is 18.8 Å². The van der Waals surface area contributed by atoms with Crippen LogP contribution < -0.4 is 0 Å². The second kappa shape index (κ2) is 3.93. The lowest BCUT2D eigenvalue weighted by Crippen LogP contribution is -1.90. The molecule has 0 radical (unpaired) electrons. The van der Waals surface area contributed by atoms with Crippen LogP contribution in [0.4, 0.5) is 0 Å². The van der Waals surface area contributed by atoms with Crippen LogP contribution in [-0.2, 0) is 4.79 Å². The van der Waals surface area contributed by atoms with E-state index in [0.29, 0.717) is 0 Å². The first-order valence-electron chi connectivity index (χ1n) is 3.43. The van der Waals surface area contributed by atoms with Gasteiger partial charge in [-0.3, -0.25) is 4.79 Å². The lowest BCUT2D eigenvalue weighted by Gasteiger charge is -1.83. The zero-order valence-electron chi connectivity index (χ0n) is 6.63. The first kappa shape index (κ1) is 8.82. The zero-order valence-corrected chi connectivity index (χ0v) is 7.44. The number of hydrogen-bond donors (Lipinski definition) is 1. The van der Waals surface area contributed by atoms with Gasteiger partial charge < -0.3 is 5.11 Å². The zero-order chi connectivity index (χ0) is 8.97. The first-order valence-corrected chi connectivity index (χ1v) is 4.38. The summed E-state index contributed by atoms with van der Waals surface area (Å²) < 4.78 is 0. The van der Waals surface area contributed by atoms with E-state index in [1.807, 2.05) is 17.7 Å². The van der Waals surface area contributed by atoms with Crippen LogP contribution in [0.3, 0.4) is 0 Å². The quantitative estimate of drug-likeness (QED) is 0.670. The molecule has 0 aromatic carbocycles. The van der Waals surface area contributed by atoms with E-state index in [0.717, 1.165) is 11.1 Å². The Morgan fingerprint density at radius 2 is 2.42 bits per heavy atom. The van der Waals surface area contributed by atoms with E-state index in [2.05, 4.69) is 11.8 Å². The molecule has 0 atom stereocenters. The van der Waals surface area contributed by atoms with Gasteiger partial charge in [0.15, 0.2) is 0 Å². The molecule has 0 bridgehead atoms. The molecule has 0 saturated heterocycles. The maximum atomic E-state index is 10.1. The van der Waals surface area contributed by atoms with Gasteiger partial charge in [0.05, 0.1) is 0 Å². The maximum absolute atomic E-state index is 10.1. The summed E-state index contributed by atoms with van der Waals surface area (Å²) in [6, 6.07) is 0. The van der Waals surface area contributed by atoms with Crippen LogP contribution in [0.5, 0.6) is 0 Å². The number of aryl methyl sites for hydroxylation is 1. The van der Waals surface area contributed by atoms with Crippen LogP contribution in [0.1, 0.15) is 17.5 Å². The molecule has 1 N–H and O–H groups in total. The molecule has 62 valence electrons. The highest BCUT2D eigenvalue weighted by atomic mass is 32.1. The summed E-state index contributed by atoms with van der Waals surface area (Å²) in [6.45, 7) is 1.96. The van der Waals surface area contributed by atoms with Crippen molar-refractivity contribution < 1.29 is 9.90 Å². The molecular formula is C9H8O2S. The minimum Gasteiger partial charge on any atom is -0.481 e. The van der Waals surface area contributed by atoms with Crippen molar-refractivity contribution in [2.24, 2.45) is 0 Å². The lowest BCUT2D eigenvalue weighted by atomic mass is 10.2. The summed E-state index contributed by atoms with van der Waals surface area (Å²) in [5, 5.41) is 12.2. The molecule has 0 fully saturated rings. The minimum absolute atomic E-state index is 0.0880. The molecule has 1 rings (SSSR count). The van der Waals surface area contributed by atoms with Crippen molar-refractivity contribution >= 4 is 17.3 Å². The topological polar surface area (TPSA) is 37.3 Å². The van der Waals surface area contributed by atoms with Crippen molar-refractivity contribution in [1.82, 2.24) is 0 Å². The Morgan fingerprint density at radius 3 is 2.92 bits per heavy atom. The van der Waals surface area contributed by atoms with Gasteiger partial charge in [-0.15, -0.1) is 0 Å².